The van der Waals surface area contributed by atoms with Crippen LogP contribution in [0.15, 0.2) is 42.0 Å². The van der Waals surface area contributed by atoms with Crippen LogP contribution < -0.4 is 10.6 Å². The maximum atomic E-state index is 15.1. The molecule has 3 N–H and O–H groups in total. The first-order valence-electron chi connectivity index (χ1n) is 12.6. The Morgan fingerprint density at radius 2 is 1.97 bits per heavy atom. The number of carbonyl (C=O) groups excluding carboxylic acids is 2. The van der Waals surface area contributed by atoms with Gasteiger partial charge in [-0.2, -0.15) is 9.97 Å². The van der Waals surface area contributed by atoms with Gasteiger partial charge in [0.25, 0.3) is 5.91 Å². The highest BCUT2D eigenvalue weighted by Crippen LogP contribution is 2.42. The average molecular weight is 515 g/mol. The summed E-state index contributed by atoms with van der Waals surface area (Å²) in [6.07, 6.45) is 4.51. The molecular weight excluding hydrogens is 487 g/mol. The van der Waals surface area contributed by atoms with Crippen molar-refractivity contribution in [2.45, 2.75) is 38.2 Å². The van der Waals surface area contributed by atoms with Crippen LogP contribution in [-0.2, 0) is 24.2 Å². The van der Waals surface area contributed by atoms with Crippen LogP contribution in [0.2, 0.25) is 0 Å². The first kappa shape index (κ1) is 24.2. The molecule has 0 atom stereocenters. The highest BCUT2D eigenvalue weighted by Gasteiger charge is 2.33. The highest BCUT2D eigenvalue weighted by atomic mass is 19.1. The monoisotopic (exact) mass is 514 g/mol. The molecule has 194 valence electrons. The van der Waals surface area contributed by atoms with E-state index in [1.807, 2.05) is 6.07 Å². The Labute approximate surface area is 218 Å². The number of hydrogen-bond donors (Lipinski definition) is 2. The summed E-state index contributed by atoms with van der Waals surface area (Å²) < 4.78 is 15.1. The van der Waals surface area contributed by atoms with Crippen molar-refractivity contribution in [2.75, 3.05) is 30.8 Å². The molecule has 9 nitrogen and oxygen atoms in total. The Balaban J connectivity index is 1.35. The van der Waals surface area contributed by atoms with Crippen molar-refractivity contribution in [3.05, 3.63) is 75.9 Å². The first-order valence-corrected chi connectivity index (χ1v) is 12.6. The van der Waals surface area contributed by atoms with E-state index in [4.69, 9.17) is 5.73 Å². The van der Waals surface area contributed by atoms with Crippen molar-refractivity contribution in [3.8, 4) is 11.4 Å². The summed E-state index contributed by atoms with van der Waals surface area (Å²) in [4.78, 5) is 41.6. The first-order chi connectivity index (χ1) is 18.3. The summed E-state index contributed by atoms with van der Waals surface area (Å²) in [6, 6.07) is 8.66. The number of carbonyl (C=O) groups is 2. The molecule has 1 aliphatic carbocycles. The highest BCUT2D eigenvalue weighted by molar-refractivity contribution is 6.09. The number of aliphatic hydroxyl groups excluding tert-OH is 1. The second-order valence-electron chi connectivity index (χ2n) is 10.1. The number of halogens is 1. The van der Waals surface area contributed by atoms with Gasteiger partial charge in [0.05, 0.1) is 17.9 Å². The summed E-state index contributed by atoms with van der Waals surface area (Å²) in [5, 5.41) is 10.4. The molecule has 38 heavy (non-hydrogen) atoms. The van der Waals surface area contributed by atoms with Crippen molar-refractivity contribution in [2.24, 2.45) is 0 Å². The fraction of sp³-hybridized carbons (Fsp3) is 0.321. The topological polar surface area (TPSA) is 126 Å². The van der Waals surface area contributed by atoms with Crippen LogP contribution in [-0.4, -0.2) is 56.9 Å². The molecule has 0 bridgehead atoms. The second-order valence-corrected chi connectivity index (χ2v) is 10.1. The molecule has 3 heterocycles. The number of fused-ring (bicyclic) bond motifs is 1. The zero-order chi connectivity index (χ0) is 26.6. The van der Waals surface area contributed by atoms with Crippen LogP contribution in [0, 0.1) is 5.82 Å². The van der Waals surface area contributed by atoms with Gasteiger partial charge in [-0.15, -0.1) is 0 Å². The molecule has 0 saturated heterocycles. The van der Waals surface area contributed by atoms with Crippen molar-refractivity contribution in [3.63, 3.8) is 0 Å². The molecule has 0 radical (unpaired) electrons. The predicted molar refractivity (Wildman–Crippen MR) is 139 cm³/mol. The lowest BCUT2D eigenvalue weighted by Crippen LogP contribution is -2.39. The van der Waals surface area contributed by atoms with Crippen LogP contribution >= 0.6 is 0 Å². The van der Waals surface area contributed by atoms with E-state index in [2.05, 4.69) is 15.0 Å². The molecule has 1 saturated carbocycles. The van der Waals surface area contributed by atoms with Crippen LogP contribution in [0.3, 0.4) is 0 Å². The summed E-state index contributed by atoms with van der Waals surface area (Å²) in [6.45, 7) is 0.446. The lowest BCUT2D eigenvalue weighted by Gasteiger charge is -2.31. The Kier molecular flexibility index (Phi) is 5.91. The van der Waals surface area contributed by atoms with E-state index in [1.165, 1.54) is 11.0 Å². The minimum atomic E-state index is -0.499. The van der Waals surface area contributed by atoms with Gasteiger partial charge in [-0.05, 0) is 54.0 Å². The van der Waals surface area contributed by atoms with Gasteiger partial charge in [0.1, 0.15) is 11.6 Å². The molecule has 0 unspecified atom stereocenters. The van der Waals surface area contributed by atoms with E-state index in [1.54, 1.807) is 36.2 Å². The number of hydrogen-bond acceptors (Lipinski definition) is 7. The molecule has 2 amide bonds. The van der Waals surface area contributed by atoms with Crippen LogP contribution in [0.25, 0.3) is 11.4 Å². The number of nitrogens with two attached hydrogens (primary N) is 1. The molecule has 1 fully saturated rings. The molecule has 10 heteroatoms. The van der Waals surface area contributed by atoms with E-state index >= 15 is 4.39 Å². The number of benzene rings is 2. The molecule has 3 aliphatic rings. The lowest BCUT2D eigenvalue weighted by molar-refractivity contribution is -0.123. The predicted octanol–water partition coefficient (Wildman–Crippen LogP) is 2.77. The normalized spacial score (nSPS) is 17.2. The number of nitrogens with zero attached hydrogens (tertiary/aromatic N) is 5. The van der Waals surface area contributed by atoms with Gasteiger partial charge in [-0.25, -0.2) is 9.37 Å². The number of aliphatic hydroxyl groups is 1. The van der Waals surface area contributed by atoms with Crippen molar-refractivity contribution >= 4 is 23.5 Å². The van der Waals surface area contributed by atoms with Crippen molar-refractivity contribution < 1.29 is 19.1 Å². The fourth-order valence-corrected chi connectivity index (χ4v) is 5.34. The van der Waals surface area contributed by atoms with Crippen molar-refractivity contribution in [1.29, 1.82) is 0 Å². The van der Waals surface area contributed by atoms with Crippen molar-refractivity contribution in [1.82, 2.24) is 19.9 Å². The standard InChI is InChI=1S/C28H27FN6O3/c1-34-13-15(10-24(34)37)9-23-31-26(33-28(30)32-23)19-3-2-4-22(20(19)14-36)35-8-7-17-11-18(16-5-6-16)12-21(29)25(17)27(35)38/h2-4,10-12,16,36H,5-9,13-14H2,1H3,(H2,30,31,32,33). The van der Waals surface area contributed by atoms with E-state index in [0.29, 0.717) is 54.5 Å². The van der Waals surface area contributed by atoms with Crippen LogP contribution in [0.4, 0.5) is 16.0 Å². The van der Waals surface area contributed by atoms with Crippen LogP contribution in [0.5, 0.6) is 0 Å². The maximum Gasteiger partial charge on any atom is 0.261 e. The zero-order valence-electron chi connectivity index (χ0n) is 20.9. The zero-order valence-corrected chi connectivity index (χ0v) is 20.9. The van der Waals surface area contributed by atoms with E-state index < -0.39 is 18.3 Å². The van der Waals surface area contributed by atoms with Gasteiger partial charge in [0.15, 0.2) is 5.82 Å². The Hall–Kier alpha value is -4.18. The Morgan fingerprint density at radius 3 is 2.68 bits per heavy atom. The number of amides is 2. The van der Waals surface area contributed by atoms with Gasteiger partial charge < -0.3 is 20.6 Å². The number of likely N-dealkylation sites (N-methyl/N-ethyl adjacent to an activating group) is 1. The fourth-order valence-electron chi connectivity index (χ4n) is 5.34. The molecule has 0 spiro atoms. The summed E-state index contributed by atoms with van der Waals surface area (Å²) in [7, 11) is 1.72. The average Bonchev–Trinajstić information content (AvgIpc) is 3.68. The SMILES string of the molecule is CN1CC(Cc2nc(N)nc(-c3cccc(N4CCc5cc(C6CC6)cc(F)c5C4=O)c3CO)n2)=CC1=O. The minimum Gasteiger partial charge on any atom is -0.392 e. The summed E-state index contributed by atoms with van der Waals surface area (Å²) in [5.41, 5.74) is 10.0. The van der Waals surface area contributed by atoms with Crippen LogP contribution in [0.1, 0.15) is 51.6 Å². The quantitative estimate of drug-likeness (QED) is 0.518. The number of rotatable bonds is 6. The Morgan fingerprint density at radius 1 is 1.16 bits per heavy atom. The molecule has 2 aromatic carbocycles. The third-order valence-corrected chi connectivity index (χ3v) is 7.38. The number of aromatic nitrogens is 3. The second kappa shape index (κ2) is 9.29. The van der Waals surface area contributed by atoms with Gasteiger partial charge in [0.2, 0.25) is 11.9 Å². The van der Waals surface area contributed by atoms with E-state index in [-0.39, 0.29) is 23.2 Å². The van der Waals surface area contributed by atoms with Gasteiger partial charge >= 0.3 is 0 Å². The molecule has 1 aromatic heterocycles. The number of anilines is 2. The van der Waals surface area contributed by atoms with Gasteiger partial charge in [-0.1, -0.05) is 18.2 Å². The lowest BCUT2D eigenvalue weighted by atomic mass is 9.93. The summed E-state index contributed by atoms with van der Waals surface area (Å²) in [5.74, 6) is 0.0375. The molecule has 6 rings (SSSR count). The molecule has 2 aliphatic heterocycles. The Bertz CT molecular complexity index is 1520. The summed E-state index contributed by atoms with van der Waals surface area (Å²) >= 11 is 0. The molecule has 3 aromatic rings. The minimum absolute atomic E-state index is 0.00841. The molecular formula is C28H27FN6O3. The van der Waals surface area contributed by atoms with E-state index in [9.17, 15) is 14.7 Å². The third-order valence-electron chi connectivity index (χ3n) is 7.38. The number of nitrogen functional groups attached to an aromatic ring is 1. The third kappa shape index (κ3) is 4.30. The smallest absolute Gasteiger partial charge is 0.261 e. The van der Waals surface area contributed by atoms with E-state index in [0.717, 1.165) is 29.5 Å². The van der Waals surface area contributed by atoms with Gasteiger partial charge in [-0.3, -0.25) is 9.59 Å². The van der Waals surface area contributed by atoms with Gasteiger partial charge in [0, 0.05) is 43.8 Å². The maximum absolute atomic E-state index is 15.1. The largest absolute Gasteiger partial charge is 0.392 e.